The average molecular weight is 350 g/mol. The number of carbonyl (C=O) groups excluding carboxylic acids is 2. The van der Waals surface area contributed by atoms with Gasteiger partial charge in [0.05, 0.1) is 18.2 Å². The van der Waals surface area contributed by atoms with Crippen molar-refractivity contribution in [1.29, 1.82) is 0 Å². The Morgan fingerprint density at radius 3 is 2.52 bits per heavy atom. The van der Waals surface area contributed by atoms with Crippen LogP contribution in [-0.4, -0.2) is 36.2 Å². The molecular weight excluding hydrogens is 328 g/mol. The Hall–Kier alpha value is -2.64. The number of nitrogens with zero attached hydrogens (tertiary/aromatic N) is 2. The van der Waals surface area contributed by atoms with Gasteiger partial charge in [-0.15, -0.1) is 0 Å². The highest BCUT2D eigenvalue weighted by Crippen LogP contribution is 2.45. The summed E-state index contributed by atoms with van der Waals surface area (Å²) >= 11 is 0. The number of carbonyl (C=O) groups is 2. The van der Waals surface area contributed by atoms with Crippen molar-refractivity contribution in [2.75, 3.05) is 18.6 Å². The molecule has 1 aliphatic rings. The first-order valence-corrected chi connectivity index (χ1v) is 7.87. The lowest BCUT2D eigenvalue weighted by molar-refractivity contribution is -0.481. The fourth-order valence-electron chi connectivity index (χ4n) is 2.80. The van der Waals surface area contributed by atoms with Gasteiger partial charge in [0.1, 0.15) is 11.4 Å². The van der Waals surface area contributed by atoms with E-state index in [1.54, 1.807) is 45.9 Å². The Kier molecular flexibility index (Phi) is 4.74. The molecule has 0 saturated heterocycles. The molecule has 1 aromatic rings. The third-order valence-electron chi connectivity index (χ3n) is 4.08. The van der Waals surface area contributed by atoms with E-state index in [0.29, 0.717) is 17.0 Å². The molecule has 0 radical (unpaired) electrons. The van der Waals surface area contributed by atoms with Gasteiger partial charge in [0.2, 0.25) is 12.5 Å². The van der Waals surface area contributed by atoms with E-state index >= 15 is 0 Å². The number of fused-ring (bicyclic) bond motifs is 1. The topological polar surface area (TPSA) is 99.0 Å². The van der Waals surface area contributed by atoms with Crippen molar-refractivity contribution in [3.63, 3.8) is 0 Å². The summed E-state index contributed by atoms with van der Waals surface area (Å²) in [6, 6.07) is 4.85. The fraction of sp³-hybridized carbons (Fsp3) is 0.529. The normalized spacial score (nSPS) is 19.6. The minimum atomic E-state index is -1.20. The van der Waals surface area contributed by atoms with Crippen molar-refractivity contribution in [2.45, 2.75) is 45.1 Å². The van der Waals surface area contributed by atoms with Crippen molar-refractivity contribution >= 4 is 17.7 Å². The summed E-state index contributed by atoms with van der Waals surface area (Å²) in [6.07, 6.45) is -0.827. The SMILES string of the molecule is COc1ccc2c(c1)[C@@](C)(CC[N+](=O)[O-])C(=O)N2C(=O)OC(C)(C)C. The molecule has 0 saturated carbocycles. The molecule has 0 aromatic heterocycles. The molecule has 0 bridgehead atoms. The van der Waals surface area contributed by atoms with Gasteiger partial charge in [0.25, 0.3) is 0 Å². The molecule has 136 valence electrons. The number of benzene rings is 1. The summed E-state index contributed by atoms with van der Waals surface area (Å²) in [6.45, 7) is 6.31. The molecule has 0 unspecified atom stereocenters. The molecule has 0 fully saturated rings. The van der Waals surface area contributed by atoms with Crippen LogP contribution >= 0.6 is 0 Å². The number of rotatable bonds is 4. The second-order valence-electron chi connectivity index (χ2n) is 7.14. The van der Waals surface area contributed by atoms with Crippen LogP contribution in [0.1, 0.15) is 39.7 Å². The van der Waals surface area contributed by atoms with Gasteiger partial charge in [-0.05, 0) is 51.5 Å². The zero-order chi connectivity index (χ0) is 19.0. The molecule has 0 aliphatic carbocycles. The summed E-state index contributed by atoms with van der Waals surface area (Å²) in [4.78, 5) is 36.8. The van der Waals surface area contributed by atoms with Crippen LogP contribution in [0, 0.1) is 10.1 Å². The van der Waals surface area contributed by atoms with E-state index in [1.807, 2.05) is 0 Å². The number of hydrogen-bond acceptors (Lipinski definition) is 6. The predicted octanol–water partition coefficient (Wildman–Crippen LogP) is 2.90. The minimum Gasteiger partial charge on any atom is -0.497 e. The van der Waals surface area contributed by atoms with Crippen molar-refractivity contribution in [2.24, 2.45) is 0 Å². The Bertz CT molecular complexity index is 724. The molecule has 2 rings (SSSR count). The van der Waals surface area contributed by atoms with E-state index in [1.165, 1.54) is 7.11 Å². The number of anilines is 1. The lowest BCUT2D eigenvalue weighted by atomic mass is 9.80. The van der Waals surface area contributed by atoms with Crippen molar-refractivity contribution in [3.05, 3.63) is 33.9 Å². The Balaban J connectivity index is 2.50. The highest BCUT2D eigenvalue weighted by Gasteiger charge is 2.51. The number of imide groups is 1. The van der Waals surface area contributed by atoms with Gasteiger partial charge in [0.15, 0.2) is 0 Å². The summed E-state index contributed by atoms with van der Waals surface area (Å²) in [5.41, 5.74) is -1.09. The van der Waals surface area contributed by atoms with Crippen LogP contribution in [0.3, 0.4) is 0 Å². The monoisotopic (exact) mass is 350 g/mol. The van der Waals surface area contributed by atoms with Crippen molar-refractivity contribution in [1.82, 2.24) is 0 Å². The average Bonchev–Trinajstić information content (AvgIpc) is 2.72. The van der Waals surface area contributed by atoms with Crippen LogP contribution in [0.25, 0.3) is 0 Å². The number of amides is 2. The minimum absolute atomic E-state index is 0.0295. The van der Waals surface area contributed by atoms with Crippen molar-refractivity contribution in [3.8, 4) is 5.75 Å². The summed E-state index contributed by atoms with van der Waals surface area (Å²) < 4.78 is 10.5. The molecule has 1 aromatic carbocycles. The molecule has 8 heteroatoms. The molecular formula is C17H22N2O6. The molecule has 25 heavy (non-hydrogen) atoms. The first-order chi connectivity index (χ1) is 11.5. The van der Waals surface area contributed by atoms with E-state index in [4.69, 9.17) is 9.47 Å². The summed E-state index contributed by atoms with van der Waals surface area (Å²) in [5, 5.41) is 10.8. The Morgan fingerprint density at radius 2 is 2.00 bits per heavy atom. The van der Waals surface area contributed by atoms with Gasteiger partial charge < -0.3 is 9.47 Å². The fourth-order valence-corrected chi connectivity index (χ4v) is 2.80. The molecule has 8 nitrogen and oxygen atoms in total. The van der Waals surface area contributed by atoms with Crippen LogP contribution in [-0.2, 0) is 14.9 Å². The standard InChI is InChI=1S/C17H22N2O6/c1-16(2,3)25-15(21)19-13-7-6-11(24-5)10-12(13)17(4,14(19)20)8-9-18(22)23/h6-7,10H,8-9H2,1-5H3/t17-/m1/s1. The molecule has 1 atom stereocenters. The van der Waals surface area contributed by atoms with Crippen LogP contribution < -0.4 is 9.64 Å². The predicted molar refractivity (Wildman–Crippen MR) is 90.5 cm³/mol. The number of hydrogen-bond donors (Lipinski definition) is 0. The zero-order valence-electron chi connectivity index (χ0n) is 15.0. The highest BCUT2D eigenvalue weighted by molar-refractivity contribution is 6.21. The highest BCUT2D eigenvalue weighted by atomic mass is 16.6. The number of methoxy groups -OCH3 is 1. The largest absolute Gasteiger partial charge is 0.497 e. The first kappa shape index (κ1) is 18.7. The second kappa shape index (κ2) is 6.34. The van der Waals surface area contributed by atoms with Crippen LogP contribution in [0.2, 0.25) is 0 Å². The lowest BCUT2D eigenvalue weighted by Crippen LogP contribution is -2.44. The maximum atomic E-state index is 13.0. The van der Waals surface area contributed by atoms with E-state index in [-0.39, 0.29) is 13.0 Å². The quantitative estimate of drug-likeness (QED) is 0.611. The molecule has 2 amide bonds. The van der Waals surface area contributed by atoms with Gasteiger partial charge in [0, 0.05) is 11.3 Å². The maximum absolute atomic E-state index is 13.0. The van der Waals surface area contributed by atoms with Gasteiger partial charge in [-0.1, -0.05) is 0 Å². The van der Waals surface area contributed by atoms with E-state index in [9.17, 15) is 19.7 Å². The van der Waals surface area contributed by atoms with Crippen LogP contribution in [0.4, 0.5) is 10.5 Å². The second-order valence-corrected chi connectivity index (χ2v) is 7.14. The zero-order valence-corrected chi connectivity index (χ0v) is 15.0. The van der Waals surface area contributed by atoms with Crippen LogP contribution in [0.15, 0.2) is 18.2 Å². The smallest absolute Gasteiger partial charge is 0.421 e. The first-order valence-electron chi connectivity index (χ1n) is 7.87. The maximum Gasteiger partial charge on any atom is 0.421 e. The van der Waals surface area contributed by atoms with Gasteiger partial charge in [-0.25, -0.2) is 9.69 Å². The van der Waals surface area contributed by atoms with Gasteiger partial charge in [-0.2, -0.15) is 0 Å². The molecule has 0 N–H and O–H groups in total. The third-order valence-corrected chi connectivity index (χ3v) is 4.08. The Morgan fingerprint density at radius 1 is 1.36 bits per heavy atom. The summed E-state index contributed by atoms with van der Waals surface area (Å²) in [7, 11) is 1.48. The van der Waals surface area contributed by atoms with Crippen LogP contribution in [0.5, 0.6) is 5.75 Å². The number of nitro groups is 1. The molecule has 1 heterocycles. The Labute approximate surface area is 145 Å². The van der Waals surface area contributed by atoms with Crippen molar-refractivity contribution < 1.29 is 24.0 Å². The van der Waals surface area contributed by atoms with E-state index in [2.05, 4.69) is 0 Å². The van der Waals surface area contributed by atoms with E-state index in [0.717, 1.165) is 4.90 Å². The van der Waals surface area contributed by atoms with Gasteiger partial charge in [-0.3, -0.25) is 14.9 Å². The van der Waals surface area contributed by atoms with Gasteiger partial charge >= 0.3 is 6.09 Å². The van der Waals surface area contributed by atoms with E-state index < -0.39 is 27.9 Å². The molecule has 1 aliphatic heterocycles. The number of ether oxygens (including phenoxy) is 2. The third kappa shape index (κ3) is 3.57. The summed E-state index contributed by atoms with van der Waals surface area (Å²) in [5.74, 6) is -0.0308. The molecule has 0 spiro atoms. The lowest BCUT2D eigenvalue weighted by Gasteiger charge is -2.25.